The number of carbonyl (C=O) groups excluding carboxylic acids is 2. The van der Waals surface area contributed by atoms with Crippen LogP contribution in [0.15, 0.2) is 78.0 Å². The second-order valence-electron chi connectivity index (χ2n) is 6.24. The minimum absolute atomic E-state index is 0.0260. The molecule has 6 nitrogen and oxygen atoms in total. The van der Waals surface area contributed by atoms with Gasteiger partial charge in [-0.05, 0) is 42.8 Å². The highest BCUT2D eigenvalue weighted by atomic mass is 32.2. The second-order valence-corrected chi connectivity index (χ2v) is 7.66. The zero-order valence-electron chi connectivity index (χ0n) is 15.5. The predicted octanol–water partition coefficient (Wildman–Crippen LogP) is 3.32. The van der Waals surface area contributed by atoms with E-state index in [-0.39, 0.29) is 23.6 Å². The smallest absolute Gasteiger partial charge is 0.246 e. The van der Waals surface area contributed by atoms with E-state index in [9.17, 15) is 9.59 Å². The van der Waals surface area contributed by atoms with Gasteiger partial charge in [-0.2, -0.15) is 5.10 Å². The van der Waals surface area contributed by atoms with Gasteiger partial charge in [0.05, 0.1) is 5.25 Å². The third-order valence-electron chi connectivity index (χ3n) is 3.97. The van der Waals surface area contributed by atoms with Gasteiger partial charge in [-0.3, -0.25) is 14.3 Å². The van der Waals surface area contributed by atoms with Crippen LogP contribution in [0.4, 0.5) is 5.69 Å². The summed E-state index contributed by atoms with van der Waals surface area (Å²) >= 11 is 1.52. The molecule has 0 fully saturated rings. The molecule has 0 spiro atoms. The molecular formula is C21H22N4O2S. The van der Waals surface area contributed by atoms with Crippen LogP contribution in [0.25, 0.3) is 0 Å². The largest absolute Gasteiger partial charge is 0.351 e. The van der Waals surface area contributed by atoms with Crippen molar-refractivity contribution in [3.05, 3.63) is 78.6 Å². The van der Waals surface area contributed by atoms with Crippen molar-refractivity contribution < 1.29 is 9.59 Å². The zero-order valence-corrected chi connectivity index (χ0v) is 16.4. The Labute approximate surface area is 168 Å². The second kappa shape index (κ2) is 9.75. The molecule has 0 radical (unpaired) electrons. The molecule has 0 bridgehead atoms. The van der Waals surface area contributed by atoms with E-state index in [1.807, 2.05) is 61.5 Å². The summed E-state index contributed by atoms with van der Waals surface area (Å²) in [7, 11) is 0. The van der Waals surface area contributed by atoms with Crippen LogP contribution in [-0.4, -0.2) is 26.8 Å². The van der Waals surface area contributed by atoms with Gasteiger partial charge >= 0.3 is 0 Å². The lowest BCUT2D eigenvalue weighted by Gasteiger charge is -2.13. The lowest BCUT2D eigenvalue weighted by Crippen LogP contribution is -2.30. The number of hydrogen-bond donors (Lipinski definition) is 2. The van der Waals surface area contributed by atoms with E-state index in [1.54, 1.807) is 23.1 Å². The molecule has 0 aliphatic heterocycles. The summed E-state index contributed by atoms with van der Waals surface area (Å²) in [5, 5.41) is 9.62. The van der Waals surface area contributed by atoms with Crippen molar-refractivity contribution in [2.45, 2.75) is 30.2 Å². The average molecular weight is 395 g/mol. The summed E-state index contributed by atoms with van der Waals surface area (Å²) in [6.07, 6.45) is 3.37. The topological polar surface area (TPSA) is 76.0 Å². The van der Waals surface area contributed by atoms with Gasteiger partial charge in [-0.15, -0.1) is 11.8 Å². The number of anilines is 1. The van der Waals surface area contributed by atoms with Gasteiger partial charge in [-0.25, -0.2) is 0 Å². The normalized spacial score (nSPS) is 11.6. The van der Waals surface area contributed by atoms with Gasteiger partial charge in [0.15, 0.2) is 0 Å². The molecule has 1 heterocycles. The van der Waals surface area contributed by atoms with Gasteiger partial charge < -0.3 is 10.6 Å². The van der Waals surface area contributed by atoms with Crippen LogP contribution in [0.5, 0.6) is 0 Å². The molecule has 1 unspecified atom stereocenters. The minimum Gasteiger partial charge on any atom is -0.351 e. The Hall–Kier alpha value is -3.06. The van der Waals surface area contributed by atoms with Gasteiger partial charge in [-0.1, -0.05) is 30.3 Å². The number of benzene rings is 2. The van der Waals surface area contributed by atoms with Gasteiger partial charge in [0.25, 0.3) is 0 Å². The van der Waals surface area contributed by atoms with E-state index in [1.165, 1.54) is 11.8 Å². The Morgan fingerprint density at radius 3 is 2.68 bits per heavy atom. The predicted molar refractivity (Wildman–Crippen MR) is 111 cm³/mol. The summed E-state index contributed by atoms with van der Waals surface area (Å²) in [5.41, 5.74) is 1.61. The molecule has 7 heteroatoms. The van der Waals surface area contributed by atoms with E-state index in [0.717, 1.165) is 10.5 Å². The Kier molecular flexibility index (Phi) is 6.86. The lowest BCUT2D eigenvalue weighted by atomic mass is 10.2. The maximum absolute atomic E-state index is 12.3. The highest BCUT2D eigenvalue weighted by molar-refractivity contribution is 8.00. The van der Waals surface area contributed by atoms with Crippen LogP contribution < -0.4 is 10.6 Å². The molecule has 0 saturated heterocycles. The van der Waals surface area contributed by atoms with Gasteiger partial charge in [0.1, 0.15) is 6.54 Å². The maximum atomic E-state index is 12.3. The van der Waals surface area contributed by atoms with Gasteiger partial charge in [0, 0.05) is 29.5 Å². The van der Waals surface area contributed by atoms with Crippen LogP contribution >= 0.6 is 11.8 Å². The molecule has 0 saturated carbocycles. The standard InChI is InChI=1S/C21H22N4O2S/c1-16(28-19-9-3-2-4-10-19)21(27)22-14-17-7-5-8-18(13-17)24-20(26)15-25-12-6-11-23-25/h2-13,16H,14-15H2,1H3,(H,22,27)(H,24,26). The van der Waals surface area contributed by atoms with E-state index >= 15 is 0 Å². The number of carbonyl (C=O) groups is 2. The summed E-state index contributed by atoms with van der Waals surface area (Å²) in [6.45, 7) is 2.45. The van der Waals surface area contributed by atoms with Crippen LogP contribution in [0.1, 0.15) is 12.5 Å². The van der Waals surface area contributed by atoms with Crippen molar-refractivity contribution in [1.82, 2.24) is 15.1 Å². The number of rotatable bonds is 8. The summed E-state index contributed by atoms with van der Waals surface area (Å²) in [4.78, 5) is 25.5. The van der Waals surface area contributed by atoms with E-state index in [0.29, 0.717) is 12.2 Å². The first kappa shape index (κ1) is 19.7. The molecule has 3 aromatic rings. The fourth-order valence-corrected chi connectivity index (χ4v) is 3.50. The first-order valence-electron chi connectivity index (χ1n) is 8.96. The molecular weight excluding hydrogens is 372 g/mol. The molecule has 1 aromatic heterocycles. The number of aromatic nitrogens is 2. The maximum Gasteiger partial charge on any atom is 0.246 e. The fourth-order valence-electron chi connectivity index (χ4n) is 2.59. The quantitative estimate of drug-likeness (QED) is 0.575. The Morgan fingerprint density at radius 2 is 1.93 bits per heavy atom. The van der Waals surface area contributed by atoms with Gasteiger partial charge in [0.2, 0.25) is 11.8 Å². The van der Waals surface area contributed by atoms with Crippen molar-refractivity contribution in [2.24, 2.45) is 0 Å². The monoisotopic (exact) mass is 394 g/mol. The number of thioether (sulfide) groups is 1. The van der Waals surface area contributed by atoms with Crippen LogP contribution in [0.3, 0.4) is 0 Å². The number of amides is 2. The molecule has 144 valence electrons. The molecule has 3 rings (SSSR count). The number of nitrogens with one attached hydrogen (secondary N) is 2. The van der Waals surface area contributed by atoms with Crippen LogP contribution in [0.2, 0.25) is 0 Å². The zero-order chi connectivity index (χ0) is 19.8. The third-order valence-corrected chi connectivity index (χ3v) is 5.08. The highest BCUT2D eigenvalue weighted by Gasteiger charge is 2.14. The Morgan fingerprint density at radius 1 is 1.11 bits per heavy atom. The summed E-state index contributed by atoms with van der Waals surface area (Å²) in [5.74, 6) is -0.181. The molecule has 2 amide bonds. The molecule has 1 atom stereocenters. The van der Waals surface area contributed by atoms with Crippen molar-refractivity contribution in [3.63, 3.8) is 0 Å². The van der Waals surface area contributed by atoms with Crippen molar-refractivity contribution in [1.29, 1.82) is 0 Å². The SMILES string of the molecule is CC(Sc1ccccc1)C(=O)NCc1cccc(NC(=O)Cn2cccn2)c1. The Balaban J connectivity index is 1.49. The van der Waals surface area contributed by atoms with E-state index in [2.05, 4.69) is 15.7 Å². The van der Waals surface area contributed by atoms with Crippen molar-refractivity contribution in [3.8, 4) is 0 Å². The summed E-state index contributed by atoms with van der Waals surface area (Å²) < 4.78 is 1.56. The molecule has 0 aliphatic carbocycles. The Bertz CT molecular complexity index is 913. The van der Waals surface area contributed by atoms with E-state index < -0.39 is 0 Å². The lowest BCUT2D eigenvalue weighted by molar-refractivity contribution is -0.120. The van der Waals surface area contributed by atoms with Crippen molar-refractivity contribution in [2.75, 3.05) is 5.32 Å². The molecule has 2 aromatic carbocycles. The molecule has 28 heavy (non-hydrogen) atoms. The first-order chi connectivity index (χ1) is 13.6. The first-order valence-corrected chi connectivity index (χ1v) is 9.84. The summed E-state index contributed by atoms with van der Waals surface area (Å²) in [6, 6.07) is 19.1. The minimum atomic E-state index is -0.195. The molecule has 0 aliphatic rings. The number of nitrogens with zero attached hydrogens (tertiary/aromatic N) is 2. The third kappa shape index (κ3) is 5.99. The fraction of sp³-hybridized carbons (Fsp3) is 0.190. The number of hydrogen-bond acceptors (Lipinski definition) is 4. The average Bonchev–Trinajstić information content (AvgIpc) is 3.20. The van der Waals surface area contributed by atoms with Crippen molar-refractivity contribution >= 4 is 29.3 Å². The highest BCUT2D eigenvalue weighted by Crippen LogP contribution is 2.22. The molecule has 2 N–H and O–H groups in total. The van der Waals surface area contributed by atoms with E-state index in [4.69, 9.17) is 0 Å². The van der Waals surface area contributed by atoms with Crippen LogP contribution in [0, 0.1) is 0 Å². The van der Waals surface area contributed by atoms with Crippen LogP contribution in [-0.2, 0) is 22.7 Å².